The Bertz CT molecular complexity index is 402. The molecule has 4 heteroatoms. The summed E-state index contributed by atoms with van der Waals surface area (Å²) >= 11 is 0. The number of rotatable bonds is 12. The third kappa shape index (κ3) is 8.65. The zero-order valence-corrected chi connectivity index (χ0v) is 14.9. The van der Waals surface area contributed by atoms with Gasteiger partial charge in [-0.15, -0.1) is 0 Å². The number of aliphatic carboxylic acids is 1. The van der Waals surface area contributed by atoms with Crippen LogP contribution >= 0.6 is 0 Å². The second-order valence-electron chi connectivity index (χ2n) is 6.91. The maximum atomic E-state index is 10.5. The van der Waals surface area contributed by atoms with E-state index in [1.807, 2.05) is 12.2 Å². The van der Waals surface area contributed by atoms with Crippen molar-refractivity contribution in [2.24, 2.45) is 11.8 Å². The van der Waals surface area contributed by atoms with E-state index >= 15 is 0 Å². The Balaban J connectivity index is 2.35. The lowest BCUT2D eigenvalue weighted by Crippen LogP contribution is -2.17. The van der Waals surface area contributed by atoms with Gasteiger partial charge in [0.05, 0.1) is 12.2 Å². The Morgan fingerprint density at radius 1 is 1.21 bits per heavy atom. The summed E-state index contributed by atoms with van der Waals surface area (Å²) in [7, 11) is 0. The minimum atomic E-state index is -0.752. The van der Waals surface area contributed by atoms with E-state index in [1.54, 1.807) is 0 Å². The van der Waals surface area contributed by atoms with Gasteiger partial charge in [0, 0.05) is 6.42 Å². The fourth-order valence-corrected chi connectivity index (χ4v) is 3.36. The lowest BCUT2D eigenvalue weighted by Gasteiger charge is -2.18. The molecule has 0 aromatic carbocycles. The largest absolute Gasteiger partial charge is 0.481 e. The zero-order valence-electron chi connectivity index (χ0n) is 14.9. The van der Waals surface area contributed by atoms with Gasteiger partial charge in [-0.25, -0.2) is 0 Å². The van der Waals surface area contributed by atoms with Crippen LogP contribution in [0.2, 0.25) is 0 Å². The smallest absolute Gasteiger partial charge is 0.303 e. The predicted molar refractivity (Wildman–Crippen MR) is 96.8 cm³/mol. The minimum absolute atomic E-state index is 0.206. The van der Waals surface area contributed by atoms with E-state index in [2.05, 4.69) is 19.1 Å². The molecule has 138 valence electrons. The molecule has 1 aliphatic rings. The second kappa shape index (κ2) is 12.3. The molecule has 4 atom stereocenters. The summed E-state index contributed by atoms with van der Waals surface area (Å²) in [5.41, 5.74) is 0. The maximum absolute atomic E-state index is 10.5. The van der Waals surface area contributed by atoms with Gasteiger partial charge in [0.15, 0.2) is 0 Å². The van der Waals surface area contributed by atoms with E-state index in [-0.39, 0.29) is 24.5 Å². The highest BCUT2D eigenvalue weighted by atomic mass is 16.4. The summed E-state index contributed by atoms with van der Waals surface area (Å²) in [6.07, 6.45) is 15.9. The predicted octanol–water partition coefficient (Wildman–Crippen LogP) is 4.07. The number of aliphatic hydroxyl groups is 2. The number of hydrogen-bond donors (Lipinski definition) is 3. The van der Waals surface area contributed by atoms with Crippen LogP contribution in [0.15, 0.2) is 24.3 Å². The van der Waals surface area contributed by atoms with Crippen LogP contribution in [0, 0.1) is 11.8 Å². The maximum Gasteiger partial charge on any atom is 0.303 e. The van der Waals surface area contributed by atoms with Crippen molar-refractivity contribution in [3.05, 3.63) is 24.3 Å². The highest BCUT2D eigenvalue weighted by Gasteiger charge is 2.32. The van der Waals surface area contributed by atoms with Gasteiger partial charge in [-0.05, 0) is 50.4 Å². The van der Waals surface area contributed by atoms with E-state index in [0.29, 0.717) is 12.3 Å². The van der Waals surface area contributed by atoms with E-state index in [0.717, 1.165) is 51.4 Å². The first-order chi connectivity index (χ1) is 11.5. The third-order valence-electron chi connectivity index (χ3n) is 4.86. The SMILES string of the molecule is CCCCC[C@H](O)/C=C/[C@H]1CCC(O)[C@@H]1C/C=C\CCCC(=O)O. The van der Waals surface area contributed by atoms with Crippen molar-refractivity contribution in [3.8, 4) is 0 Å². The quantitative estimate of drug-likeness (QED) is 0.370. The average molecular weight is 338 g/mol. The van der Waals surface area contributed by atoms with Crippen molar-refractivity contribution in [3.63, 3.8) is 0 Å². The fraction of sp³-hybridized carbons (Fsp3) is 0.750. The molecule has 0 spiro atoms. The van der Waals surface area contributed by atoms with E-state index in [9.17, 15) is 15.0 Å². The van der Waals surface area contributed by atoms with Crippen LogP contribution in [0.3, 0.4) is 0 Å². The lowest BCUT2D eigenvalue weighted by atomic mass is 9.90. The van der Waals surface area contributed by atoms with Gasteiger partial charge < -0.3 is 15.3 Å². The standard InChI is InChI=1S/C20H34O4/c1-2-3-6-9-17(21)14-12-16-13-15-19(22)18(16)10-7-4-5-8-11-20(23)24/h4,7,12,14,16-19,21-22H,2-3,5-6,8-11,13,15H2,1H3,(H,23,24)/b7-4-,14-12+/t16-,17-,18+,19?/m0/s1. The Kier molecular flexibility index (Phi) is 10.7. The number of carboxylic acid groups (broad SMARTS) is 1. The highest BCUT2D eigenvalue weighted by Crippen LogP contribution is 2.36. The lowest BCUT2D eigenvalue weighted by molar-refractivity contribution is -0.137. The Morgan fingerprint density at radius 2 is 2.00 bits per heavy atom. The molecule has 1 fully saturated rings. The summed E-state index contributed by atoms with van der Waals surface area (Å²) in [4.78, 5) is 10.5. The molecule has 0 heterocycles. The monoisotopic (exact) mass is 338 g/mol. The number of aliphatic hydroxyl groups excluding tert-OH is 2. The number of unbranched alkanes of at least 4 members (excludes halogenated alkanes) is 3. The van der Waals surface area contributed by atoms with Crippen molar-refractivity contribution >= 4 is 5.97 Å². The highest BCUT2D eigenvalue weighted by molar-refractivity contribution is 5.66. The average Bonchev–Trinajstić information content (AvgIpc) is 2.89. The Morgan fingerprint density at radius 3 is 2.71 bits per heavy atom. The molecule has 3 N–H and O–H groups in total. The van der Waals surface area contributed by atoms with Crippen LogP contribution in [0.5, 0.6) is 0 Å². The fourth-order valence-electron chi connectivity index (χ4n) is 3.36. The molecule has 0 saturated heterocycles. The Hall–Kier alpha value is -1.13. The molecule has 0 aromatic heterocycles. The van der Waals surface area contributed by atoms with E-state index in [4.69, 9.17) is 5.11 Å². The molecule has 0 radical (unpaired) electrons. The number of allylic oxidation sites excluding steroid dienone is 3. The van der Waals surface area contributed by atoms with E-state index in [1.165, 1.54) is 0 Å². The minimum Gasteiger partial charge on any atom is -0.481 e. The molecule has 1 aliphatic carbocycles. The summed E-state index contributed by atoms with van der Waals surface area (Å²) in [6, 6.07) is 0. The summed E-state index contributed by atoms with van der Waals surface area (Å²) < 4.78 is 0. The van der Waals surface area contributed by atoms with Gasteiger partial charge in [-0.1, -0.05) is 50.5 Å². The van der Waals surface area contributed by atoms with Gasteiger partial charge in [-0.3, -0.25) is 4.79 Å². The topological polar surface area (TPSA) is 77.8 Å². The zero-order chi connectivity index (χ0) is 17.8. The van der Waals surface area contributed by atoms with Gasteiger partial charge in [0.1, 0.15) is 0 Å². The summed E-state index contributed by atoms with van der Waals surface area (Å²) in [6.45, 7) is 2.15. The first-order valence-electron chi connectivity index (χ1n) is 9.45. The van der Waals surface area contributed by atoms with Crippen LogP contribution in [-0.4, -0.2) is 33.5 Å². The van der Waals surface area contributed by atoms with Crippen LogP contribution in [-0.2, 0) is 4.79 Å². The molecule has 0 amide bonds. The van der Waals surface area contributed by atoms with Gasteiger partial charge in [0.2, 0.25) is 0 Å². The number of carboxylic acids is 1. The second-order valence-corrected chi connectivity index (χ2v) is 6.91. The first kappa shape index (κ1) is 20.9. The molecule has 24 heavy (non-hydrogen) atoms. The molecule has 0 aromatic rings. The van der Waals surface area contributed by atoms with Crippen LogP contribution in [0.4, 0.5) is 0 Å². The van der Waals surface area contributed by atoms with Crippen molar-refractivity contribution in [1.29, 1.82) is 0 Å². The molecular weight excluding hydrogens is 304 g/mol. The molecule has 0 bridgehead atoms. The van der Waals surface area contributed by atoms with Crippen molar-refractivity contribution in [2.45, 2.75) is 83.3 Å². The van der Waals surface area contributed by atoms with Gasteiger partial charge in [0.25, 0.3) is 0 Å². The molecule has 1 unspecified atom stereocenters. The normalized spacial score (nSPS) is 25.7. The number of carbonyl (C=O) groups is 1. The van der Waals surface area contributed by atoms with Gasteiger partial charge >= 0.3 is 5.97 Å². The Labute approximate surface area is 146 Å². The number of hydrogen-bond acceptors (Lipinski definition) is 3. The van der Waals surface area contributed by atoms with E-state index < -0.39 is 5.97 Å². The van der Waals surface area contributed by atoms with Crippen LogP contribution < -0.4 is 0 Å². The van der Waals surface area contributed by atoms with Gasteiger partial charge in [-0.2, -0.15) is 0 Å². The van der Waals surface area contributed by atoms with Crippen molar-refractivity contribution in [2.75, 3.05) is 0 Å². The molecule has 1 saturated carbocycles. The molecule has 4 nitrogen and oxygen atoms in total. The van der Waals surface area contributed by atoms with Crippen LogP contribution in [0.1, 0.15) is 71.1 Å². The third-order valence-corrected chi connectivity index (χ3v) is 4.86. The molecule has 1 rings (SSSR count). The van der Waals surface area contributed by atoms with Crippen molar-refractivity contribution in [1.82, 2.24) is 0 Å². The summed E-state index contributed by atoms with van der Waals surface area (Å²) in [5, 5.41) is 28.8. The molecular formula is C20H34O4. The molecule has 0 aliphatic heterocycles. The summed E-state index contributed by atoms with van der Waals surface area (Å²) in [5.74, 6) is -0.221. The van der Waals surface area contributed by atoms with Crippen molar-refractivity contribution < 1.29 is 20.1 Å². The van der Waals surface area contributed by atoms with Crippen LogP contribution in [0.25, 0.3) is 0 Å². The first-order valence-corrected chi connectivity index (χ1v) is 9.45.